The van der Waals surface area contributed by atoms with Gasteiger partial charge in [-0.1, -0.05) is 45.2 Å². The molecule has 21 heavy (non-hydrogen) atoms. The quantitative estimate of drug-likeness (QED) is 0.699. The molecule has 0 heterocycles. The summed E-state index contributed by atoms with van der Waals surface area (Å²) in [4.78, 5) is 0. The number of hydrogen-bond acceptors (Lipinski definition) is 2. The van der Waals surface area contributed by atoms with Crippen molar-refractivity contribution in [3.05, 3.63) is 62.3 Å². The van der Waals surface area contributed by atoms with Crippen LogP contribution in [0.15, 0.2) is 40.9 Å². The molecule has 2 aromatic rings. The van der Waals surface area contributed by atoms with Crippen LogP contribution in [-0.2, 0) is 5.54 Å². The van der Waals surface area contributed by atoms with E-state index >= 15 is 0 Å². The van der Waals surface area contributed by atoms with Crippen LogP contribution in [0.3, 0.4) is 0 Å². The first kappa shape index (κ1) is 16.6. The summed E-state index contributed by atoms with van der Waals surface area (Å²) in [7, 11) is 0. The Labute approximate surface area is 141 Å². The lowest BCUT2D eigenvalue weighted by atomic mass is 9.92. The zero-order valence-electron chi connectivity index (χ0n) is 11.1. The smallest absolute Gasteiger partial charge is 0.142 e. The van der Waals surface area contributed by atoms with Gasteiger partial charge in [-0.25, -0.2) is 4.39 Å². The Balaban J connectivity index is 2.44. The van der Waals surface area contributed by atoms with Gasteiger partial charge in [-0.2, -0.15) is 0 Å². The largest absolute Gasteiger partial charge is 0.394 e. The minimum absolute atomic E-state index is 0.0495. The van der Waals surface area contributed by atoms with Crippen molar-refractivity contribution in [3.8, 4) is 0 Å². The van der Waals surface area contributed by atoms with E-state index in [1.165, 1.54) is 12.1 Å². The van der Waals surface area contributed by atoms with Crippen LogP contribution in [0.4, 0.5) is 10.1 Å². The molecule has 1 unspecified atom stereocenters. The average Bonchev–Trinajstić information content (AvgIpc) is 2.42. The molecule has 0 fully saturated rings. The molecule has 0 amide bonds. The van der Waals surface area contributed by atoms with Gasteiger partial charge in [0.25, 0.3) is 0 Å². The van der Waals surface area contributed by atoms with E-state index in [0.717, 1.165) is 10.2 Å². The predicted molar refractivity (Wildman–Crippen MR) is 88.6 cm³/mol. The Morgan fingerprint density at radius 3 is 2.57 bits per heavy atom. The van der Waals surface area contributed by atoms with Crippen molar-refractivity contribution in [2.75, 3.05) is 11.9 Å². The Morgan fingerprint density at radius 1 is 1.24 bits per heavy atom. The third-order valence-corrected chi connectivity index (χ3v) is 4.26. The molecule has 0 aliphatic carbocycles. The molecule has 2 N–H and O–H groups in total. The zero-order chi connectivity index (χ0) is 15.6. The van der Waals surface area contributed by atoms with Gasteiger partial charge in [0.1, 0.15) is 5.82 Å². The van der Waals surface area contributed by atoms with Crippen LogP contribution in [0.5, 0.6) is 0 Å². The first-order chi connectivity index (χ1) is 9.85. The topological polar surface area (TPSA) is 32.3 Å². The highest BCUT2D eigenvalue weighted by atomic mass is 79.9. The Hall–Kier alpha value is -0.810. The number of aliphatic hydroxyl groups excluding tert-OH is 1. The minimum atomic E-state index is -0.941. The van der Waals surface area contributed by atoms with E-state index in [-0.39, 0.29) is 11.6 Å². The standard InChI is InChI=1S/C15H13BrCl2FNO/c1-15(8-21,20-10-4-2-3-9(16)5-10)11-6-14(19)13(18)7-12(11)17/h2-7,20-21H,8H2,1H3. The van der Waals surface area contributed by atoms with E-state index in [1.807, 2.05) is 24.3 Å². The summed E-state index contributed by atoms with van der Waals surface area (Å²) in [6.07, 6.45) is 0. The second-order valence-corrected chi connectivity index (χ2v) is 6.60. The van der Waals surface area contributed by atoms with Crippen LogP contribution in [-0.4, -0.2) is 11.7 Å². The van der Waals surface area contributed by atoms with E-state index < -0.39 is 11.4 Å². The van der Waals surface area contributed by atoms with Gasteiger partial charge in [-0.3, -0.25) is 0 Å². The fourth-order valence-electron chi connectivity index (χ4n) is 2.02. The van der Waals surface area contributed by atoms with E-state index in [2.05, 4.69) is 21.2 Å². The van der Waals surface area contributed by atoms with Gasteiger partial charge in [0.15, 0.2) is 0 Å². The van der Waals surface area contributed by atoms with Crippen molar-refractivity contribution < 1.29 is 9.50 Å². The van der Waals surface area contributed by atoms with Gasteiger partial charge in [0.05, 0.1) is 17.2 Å². The van der Waals surface area contributed by atoms with Crippen molar-refractivity contribution in [1.29, 1.82) is 0 Å². The molecule has 0 bridgehead atoms. The first-order valence-corrected chi connectivity index (χ1v) is 7.70. The molecule has 112 valence electrons. The summed E-state index contributed by atoms with van der Waals surface area (Å²) >= 11 is 15.2. The number of halogens is 4. The first-order valence-electron chi connectivity index (χ1n) is 6.15. The number of rotatable bonds is 4. The van der Waals surface area contributed by atoms with Crippen molar-refractivity contribution >= 4 is 44.8 Å². The third kappa shape index (κ3) is 3.69. The van der Waals surface area contributed by atoms with Crippen LogP contribution in [0.1, 0.15) is 12.5 Å². The molecule has 1 atom stereocenters. The number of anilines is 1. The van der Waals surface area contributed by atoms with E-state index in [4.69, 9.17) is 23.2 Å². The second-order valence-electron chi connectivity index (χ2n) is 4.87. The van der Waals surface area contributed by atoms with E-state index in [0.29, 0.717) is 10.6 Å². The van der Waals surface area contributed by atoms with Crippen LogP contribution in [0.2, 0.25) is 10.0 Å². The summed E-state index contributed by atoms with van der Waals surface area (Å²) in [6.45, 7) is 1.47. The summed E-state index contributed by atoms with van der Waals surface area (Å²) in [5, 5.41) is 13.2. The summed E-state index contributed by atoms with van der Waals surface area (Å²) in [5.41, 5.74) is 0.268. The predicted octanol–water partition coefficient (Wildman–Crippen LogP) is 5.21. The molecular formula is C15H13BrCl2FNO. The maximum atomic E-state index is 13.7. The molecule has 0 radical (unpaired) electrons. The molecule has 0 aliphatic rings. The molecule has 0 saturated carbocycles. The highest BCUT2D eigenvalue weighted by Crippen LogP contribution is 2.34. The van der Waals surface area contributed by atoms with Gasteiger partial charge in [0, 0.05) is 20.7 Å². The normalized spacial score (nSPS) is 13.8. The van der Waals surface area contributed by atoms with Gasteiger partial charge in [-0.05, 0) is 37.3 Å². The van der Waals surface area contributed by atoms with Crippen LogP contribution < -0.4 is 5.32 Å². The second kappa shape index (κ2) is 6.53. The van der Waals surface area contributed by atoms with Crippen LogP contribution >= 0.6 is 39.1 Å². The van der Waals surface area contributed by atoms with E-state index in [1.54, 1.807) is 6.92 Å². The van der Waals surface area contributed by atoms with Crippen molar-refractivity contribution in [2.24, 2.45) is 0 Å². The monoisotopic (exact) mass is 391 g/mol. The molecule has 0 spiro atoms. The van der Waals surface area contributed by atoms with Gasteiger partial charge < -0.3 is 10.4 Å². The molecule has 0 aromatic heterocycles. The lowest BCUT2D eigenvalue weighted by Gasteiger charge is -2.31. The Bertz CT molecular complexity index is 668. The average molecular weight is 393 g/mol. The lowest BCUT2D eigenvalue weighted by molar-refractivity contribution is 0.224. The van der Waals surface area contributed by atoms with Gasteiger partial charge in [0.2, 0.25) is 0 Å². The molecule has 2 rings (SSSR count). The van der Waals surface area contributed by atoms with E-state index in [9.17, 15) is 9.50 Å². The lowest BCUT2D eigenvalue weighted by Crippen LogP contribution is -2.36. The number of nitrogens with one attached hydrogen (secondary N) is 1. The number of hydrogen-bond donors (Lipinski definition) is 2. The SMILES string of the molecule is CC(CO)(Nc1cccc(Br)c1)c1cc(F)c(Cl)cc1Cl. The molecular weight excluding hydrogens is 380 g/mol. The van der Waals surface area contributed by atoms with Crippen molar-refractivity contribution in [2.45, 2.75) is 12.5 Å². The Kier molecular flexibility index (Phi) is 5.15. The summed E-state index contributed by atoms with van der Waals surface area (Å²) in [5.74, 6) is -0.577. The fraction of sp³-hybridized carbons (Fsp3) is 0.200. The van der Waals surface area contributed by atoms with Gasteiger partial charge in [-0.15, -0.1) is 0 Å². The summed E-state index contributed by atoms with van der Waals surface area (Å²) < 4.78 is 14.6. The minimum Gasteiger partial charge on any atom is -0.394 e. The highest BCUT2D eigenvalue weighted by molar-refractivity contribution is 9.10. The molecule has 0 saturated heterocycles. The maximum Gasteiger partial charge on any atom is 0.142 e. The zero-order valence-corrected chi connectivity index (χ0v) is 14.2. The van der Waals surface area contributed by atoms with Crippen LogP contribution in [0, 0.1) is 5.82 Å². The maximum absolute atomic E-state index is 13.7. The van der Waals surface area contributed by atoms with Crippen LogP contribution in [0.25, 0.3) is 0 Å². The highest BCUT2D eigenvalue weighted by Gasteiger charge is 2.29. The molecule has 2 nitrogen and oxygen atoms in total. The molecule has 6 heteroatoms. The van der Waals surface area contributed by atoms with Crippen molar-refractivity contribution in [3.63, 3.8) is 0 Å². The number of aliphatic hydroxyl groups is 1. The third-order valence-electron chi connectivity index (χ3n) is 3.17. The fourth-order valence-corrected chi connectivity index (χ4v) is 3.01. The number of benzene rings is 2. The van der Waals surface area contributed by atoms with Gasteiger partial charge >= 0.3 is 0 Å². The Morgan fingerprint density at radius 2 is 1.95 bits per heavy atom. The van der Waals surface area contributed by atoms with Crippen molar-refractivity contribution in [1.82, 2.24) is 0 Å². The molecule has 0 aliphatic heterocycles. The molecule has 2 aromatic carbocycles. The summed E-state index contributed by atoms with van der Waals surface area (Å²) in [6, 6.07) is 10.0.